The third kappa shape index (κ3) is 3.45. The summed E-state index contributed by atoms with van der Waals surface area (Å²) in [6.07, 6.45) is 0. The smallest absolute Gasteiger partial charge is 0.242 e. The number of fused-ring (bicyclic) bond motifs is 5. The van der Waals surface area contributed by atoms with Gasteiger partial charge in [-0.2, -0.15) is 0 Å². The summed E-state index contributed by atoms with van der Waals surface area (Å²) in [5, 5.41) is 10.4. The van der Waals surface area contributed by atoms with Crippen molar-refractivity contribution in [2.24, 2.45) is 0 Å². The molecule has 1 amide bonds. The van der Waals surface area contributed by atoms with Crippen molar-refractivity contribution >= 4 is 62.9 Å². The minimum Gasteiger partial charge on any atom is -0.321 e. The number of carbonyl (C=O) groups excluding carboxylic acids is 1. The topological polar surface area (TPSA) is 63.9 Å². The Balaban J connectivity index is 1.33. The Hall–Kier alpha value is -3.36. The summed E-state index contributed by atoms with van der Waals surface area (Å²) in [4.78, 5) is 22.3. The fraction of sp³-hybridized carbons (Fsp3) is 0.154. The molecule has 0 N–H and O–H groups in total. The number of thioether (sulfide) groups is 1. The maximum absolute atomic E-state index is 13.5. The molecule has 6 rings (SSSR count). The fourth-order valence-electron chi connectivity index (χ4n) is 4.39. The molecule has 168 valence electrons. The van der Waals surface area contributed by atoms with E-state index in [0.717, 1.165) is 43.2 Å². The Morgan fingerprint density at radius 3 is 2.26 bits per heavy atom. The second-order valence-corrected chi connectivity index (χ2v) is 10.3. The normalized spacial score (nSPS) is 12.9. The second-order valence-electron chi connectivity index (χ2n) is 8.30. The molecule has 34 heavy (non-hydrogen) atoms. The second kappa shape index (κ2) is 8.45. The van der Waals surface area contributed by atoms with Gasteiger partial charge in [0.05, 0.1) is 22.6 Å². The highest BCUT2D eigenvalue weighted by Crippen LogP contribution is 2.48. The molecule has 0 aliphatic carbocycles. The molecule has 0 saturated carbocycles. The first-order chi connectivity index (χ1) is 16.6. The third-order valence-electron chi connectivity index (χ3n) is 5.82. The Labute approximate surface area is 205 Å². The zero-order valence-electron chi connectivity index (χ0n) is 18.7. The van der Waals surface area contributed by atoms with Crippen LogP contribution in [0, 0.1) is 0 Å². The van der Waals surface area contributed by atoms with Crippen LogP contribution in [0.1, 0.15) is 19.9 Å². The van der Waals surface area contributed by atoms with Gasteiger partial charge in [-0.25, -0.2) is 4.98 Å². The number of hydrogen-bond acceptors (Lipinski definition) is 6. The number of para-hydroxylation sites is 3. The first-order valence-electron chi connectivity index (χ1n) is 11.1. The fourth-order valence-corrected chi connectivity index (χ4v) is 6.08. The number of aromatic nitrogens is 4. The van der Waals surface area contributed by atoms with E-state index in [2.05, 4.69) is 46.8 Å². The third-order valence-corrected chi connectivity index (χ3v) is 7.77. The van der Waals surface area contributed by atoms with Gasteiger partial charge in [0.1, 0.15) is 5.52 Å². The highest BCUT2D eigenvalue weighted by atomic mass is 32.2. The zero-order chi connectivity index (χ0) is 23.2. The molecule has 0 spiro atoms. The van der Waals surface area contributed by atoms with Gasteiger partial charge >= 0.3 is 0 Å². The van der Waals surface area contributed by atoms with Crippen LogP contribution >= 0.6 is 23.5 Å². The van der Waals surface area contributed by atoms with Gasteiger partial charge in [0.25, 0.3) is 0 Å². The Morgan fingerprint density at radius 2 is 1.56 bits per heavy atom. The lowest BCUT2D eigenvalue weighted by atomic mass is 10.2. The van der Waals surface area contributed by atoms with Crippen molar-refractivity contribution in [2.45, 2.75) is 34.8 Å². The molecule has 0 saturated heterocycles. The van der Waals surface area contributed by atoms with Gasteiger partial charge in [0.15, 0.2) is 5.65 Å². The lowest BCUT2D eigenvalue weighted by molar-refractivity contribution is -0.115. The van der Waals surface area contributed by atoms with Crippen LogP contribution in [-0.2, 0) is 4.79 Å². The van der Waals surface area contributed by atoms with E-state index >= 15 is 0 Å². The van der Waals surface area contributed by atoms with E-state index in [1.165, 1.54) is 11.8 Å². The summed E-state index contributed by atoms with van der Waals surface area (Å²) < 4.78 is 2.18. The summed E-state index contributed by atoms with van der Waals surface area (Å²) >= 11 is 3.01. The average molecular weight is 484 g/mol. The number of amides is 1. The van der Waals surface area contributed by atoms with Crippen LogP contribution in [0.15, 0.2) is 87.7 Å². The van der Waals surface area contributed by atoms with Crippen molar-refractivity contribution in [1.29, 1.82) is 0 Å². The van der Waals surface area contributed by atoms with Gasteiger partial charge in [-0.05, 0) is 44.2 Å². The molecule has 2 aromatic heterocycles. The first-order valence-corrected chi connectivity index (χ1v) is 12.9. The quantitative estimate of drug-likeness (QED) is 0.273. The summed E-state index contributed by atoms with van der Waals surface area (Å²) in [5.41, 5.74) is 4.49. The molecular formula is C26H21N5OS2. The molecule has 0 atom stereocenters. The molecular weight excluding hydrogens is 462 g/mol. The molecule has 0 unspecified atom stereocenters. The zero-order valence-corrected chi connectivity index (χ0v) is 20.3. The van der Waals surface area contributed by atoms with Crippen LogP contribution in [0.5, 0.6) is 0 Å². The van der Waals surface area contributed by atoms with Crippen molar-refractivity contribution in [3.05, 3.63) is 72.8 Å². The minimum absolute atomic E-state index is 0.0155. The molecule has 1 aliphatic heterocycles. The van der Waals surface area contributed by atoms with Gasteiger partial charge in [-0.3, -0.25) is 9.69 Å². The standard InChI is InChI=1S/C26H21N5OS2/c1-16(2)30-18-10-4-3-9-17(18)24-25(30)27-26(29-28-24)33-15-23(32)31-19-11-5-7-13-21(19)34-22-14-8-6-12-20(22)31/h3-14,16H,15H2,1-2H3. The number of benzene rings is 3. The summed E-state index contributed by atoms with van der Waals surface area (Å²) in [6, 6.07) is 24.4. The van der Waals surface area contributed by atoms with E-state index in [9.17, 15) is 4.79 Å². The van der Waals surface area contributed by atoms with Gasteiger partial charge in [0, 0.05) is 21.2 Å². The predicted molar refractivity (Wildman–Crippen MR) is 138 cm³/mol. The summed E-state index contributed by atoms with van der Waals surface area (Å²) in [6.45, 7) is 4.27. The highest BCUT2D eigenvalue weighted by molar-refractivity contribution is 8.00. The van der Waals surface area contributed by atoms with E-state index < -0.39 is 0 Å². The van der Waals surface area contributed by atoms with Gasteiger partial charge in [0.2, 0.25) is 11.1 Å². The monoisotopic (exact) mass is 483 g/mol. The summed E-state index contributed by atoms with van der Waals surface area (Å²) in [7, 11) is 0. The maximum Gasteiger partial charge on any atom is 0.242 e. The summed E-state index contributed by atoms with van der Waals surface area (Å²) in [5.74, 6) is 0.195. The molecule has 6 nitrogen and oxygen atoms in total. The number of anilines is 2. The number of carbonyl (C=O) groups is 1. The SMILES string of the molecule is CC(C)n1c2ccccc2c2nnc(SCC(=O)N3c4ccccc4Sc4ccccc43)nc21. The molecule has 5 aromatic rings. The van der Waals surface area contributed by atoms with E-state index in [1.807, 2.05) is 59.5 Å². The van der Waals surface area contributed by atoms with Crippen LogP contribution in [-0.4, -0.2) is 31.4 Å². The first kappa shape index (κ1) is 21.2. The van der Waals surface area contributed by atoms with E-state index in [-0.39, 0.29) is 17.7 Å². The van der Waals surface area contributed by atoms with Crippen LogP contribution in [0.2, 0.25) is 0 Å². The van der Waals surface area contributed by atoms with E-state index in [1.54, 1.807) is 11.8 Å². The molecule has 0 bridgehead atoms. The molecule has 3 aromatic carbocycles. The average Bonchev–Trinajstić information content (AvgIpc) is 3.19. The predicted octanol–water partition coefficient (Wildman–Crippen LogP) is 6.48. The largest absolute Gasteiger partial charge is 0.321 e. The van der Waals surface area contributed by atoms with E-state index in [4.69, 9.17) is 4.98 Å². The molecule has 0 radical (unpaired) electrons. The number of nitrogens with zero attached hydrogens (tertiary/aromatic N) is 5. The Morgan fingerprint density at radius 1 is 0.912 bits per heavy atom. The molecule has 8 heteroatoms. The van der Waals surface area contributed by atoms with Crippen molar-refractivity contribution < 1.29 is 4.79 Å². The van der Waals surface area contributed by atoms with Crippen LogP contribution in [0.3, 0.4) is 0 Å². The van der Waals surface area contributed by atoms with Crippen molar-refractivity contribution in [3.63, 3.8) is 0 Å². The molecule has 1 aliphatic rings. The van der Waals surface area contributed by atoms with Crippen LogP contribution in [0.4, 0.5) is 11.4 Å². The maximum atomic E-state index is 13.5. The Bertz CT molecular complexity index is 1520. The van der Waals surface area contributed by atoms with Crippen LogP contribution < -0.4 is 4.90 Å². The van der Waals surface area contributed by atoms with Gasteiger partial charge in [-0.15, -0.1) is 10.2 Å². The van der Waals surface area contributed by atoms with Crippen LogP contribution in [0.25, 0.3) is 22.1 Å². The minimum atomic E-state index is -0.0155. The van der Waals surface area contributed by atoms with E-state index in [0.29, 0.717) is 5.16 Å². The number of hydrogen-bond donors (Lipinski definition) is 0. The Kier molecular flexibility index (Phi) is 5.27. The lowest BCUT2D eigenvalue weighted by Gasteiger charge is -2.30. The van der Waals surface area contributed by atoms with Gasteiger partial charge in [-0.1, -0.05) is 66.0 Å². The van der Waals surface area contributed by atoms with Crippen molar-refractivity contribution in [3.8, 4) is 0 Å². The highest BCUT2D eigenvalue weighted by Gasteiger charge is 2.28. The lowest BCUT2D eigenvalue weighted by Crippen LogP contribution is -2.30. The number of rotatable bonds is 4. The molecule has 0 fully saturated rings. The van der Waals surface area contributed by atoms with Crippen molar-refractivity contribution in [2.75, 3.05) is 10.7 Å². The molecule has 3 heterocycles. The van der Waals surface area contributed by atoms with Gasteiger partial charge < -0.3 is 4.57 Å². The van der Waals surface area contributed by atoms with Crippen molar-refractivity contribution in [1.82, 2.24) is 19.7 Å².